The molecule has 1 saturated carbocycles. The van der Waals surface area contributed by atoms with Crippen LogP contribution < -0.4 is 10.6 Å². The monoisotopic (exact) mass is 232 g/mol. The third-order valence-electron chi connectivity index (χ3n) is 4.12. The molecule has 3 nitrogen and oxygen atoms in total. The molecule has 1 atom stereocenters. The number of aromatic hydroxyl groups is 1. The molecule has 3 N–H and O–H groups in total. The number of phenols is 1. The topological polar surface area (TPSA) is 44.3 Å². The second-order valence-corrected chi connectivity index (χ2v) is 5.37. The van der Waals surface area contributed by atoms with E-state index in [0.717, 1.165) is 25.2 Å². The van der Waals surface area contributed by atoms with Crippen LogP contribution in [0.1, 0.15) is 24.8 Å². The van der Waals surface area contributed by atoms with Crippen LogP contribution in [-0.2, 0) is 5.41 Å². The molecule has 1 aromatic carbocycles. The number of hydrogen-bond acceptors (Lipinski definition) is 3. The van der Waals surface area contributed by atoms with Gasteiger partial charge in [0, 0.05) is 30.1 Å². The molecule has 92 valence electrons. The molecular weight excluding hydrogens is 212 g/mol. The molecule has 17 heavy (non-hydrogen) atoms. The Balaban J connectivity index is 1.67. The minimum absolute atomic E-state index is 0.202. The van der Waals surface area contributed by atoms with Gasteiger partial charge in [-0.25, -0.2) is 0 Å². The van der Waals surface area contributed by atoms with E-state index in [-0.39, 0.29) is 5.41 Å². The van der Waals surface area contributed by atoms with Gasteiger partial charge in [0.2, 0.25) is 0 Å². The van der Waals surface area contributed by atoms with Crippen LogP contribution in [0.5, 0.6) is 5.75 Å². The van der Waals surface area contributed by atoms with Crippen molar-refractivity contribution in [2.75, 3.05) is 19.6 Å². The first-order valence-electron chi connectivity index (χ1n) is 6.53. The summed E-state index contributed by atoms with van der Waals surface area (Å²) in [5, 5.41) is 16.9. The SMILES string of the molecule is Oc1ccccc1C1(CNC2CCNC2)CC1. The average molecular weight is 232 g/mol. The standard InChI is InChI=1S/C14H20N2O/c17-13-4-2-1-3-12(13)14(6-7-14)10-16-11-5-8-15-9-11/h1-4,11,15-17H,5-10H2. The maximum absolute atomic E-state index is 9.94. The zero-order chi connectivity index (χ0) is 11.7. The van der Waals surface area contributed by atoms with Crippen LogP contribution in [0.15, 0.2) is 24.3 Å². The fourth-order valence-corrected chi connectivity index (χ4v) is 2.78. The molecule has 0 bridgehead atoms. The van der Waals surface area contributed by atoms with Gasteiger partial charge in [0.05, 0.1) is 0 Å². The lowest BCUT2D eigenvalue weighted by molar-refractivity contribution is 0.443. The maximum Gasteiger partial charge on any atom is 0.119 e. The average Bonchev–Trinajstić information content (AvgIpc) is 2.94. The first kappa shape index (κ1) is 11.1. The smallest absolute Gasteiger partial charge is 0.119 e. The van der Waals surface area contributed by atoms with Gasteiger partial charge < -0.3 is 15.7 Å². The Bertz CT molecular complexity index is 395. The molecule has 1 saturated heterocycles. The van der Waals surface area contributed by atoms with Crippen molar-refractivity contribution in [2.45, 2.75) is 30.7 Å². The minimum atomic E-state index is 0.202. The van der Waals surface area contributed by atoms with Crippen LogP contribution in [-0.4, -0.2) is 30.8 Å². The molecule has 1 aliphatic carbocycles. The number of nitrogens with one attached hydrogen (secondary N) is 2. The Kier molecular flexibility index (Phi) is 2.81. The van der Waals surface area contributed by atoms with E-state index in [9.17, 15) is 5.11 Å². The van der Waals surface area contributed by atoms with E-state index in [1.165, 1.54) is 19.3 Å². The minimum Gasteiger partial charge on any atom is -0.508 e. The molecule has 0 spiro atoms. The van der Waals surface area contributed by atoms with Crippen LogP contribution in [0.25, 0.3) is 0 Å². The molecular formula is C14H20N2O. The molecule has 1 heterocycles. The highest BCUT2D eigenvalue weighted by molar-refractivity contribution is 5.42. The lowest BCUT2D eigenvalue weighted by atomic mass is 9.94. The first-order valence-corrected chi connectivity index (χ1v) is 6.53. The summed E-state index contributed by atoms with van der Waals surface area (Å²) in [6.45, 7) is 3.20. The third kappa shape index (κ3) is 2.17. The quantitative estimate of drug-likeness (QED) is 0.735. The van der Waals surface area contributed by atoms with Crippen molar-refractivity contribution in [2.24, 2.45) is 0 Å². The summed E-state index contributed by atoms with van der Waals surface area (Å²) in [5.74, 6) is 0.455. The van der Waals surface area contributed by atoms with Crippen molar-refractivity contribution in [1.29, 1.82) is 0 Å². The number of benzene rings is 1. The van der Waals surface area contributed by atoms with E-state index in [0.29, 0.717) is 11.8 Å². The van der Waals surface area contributed by atoms with Crippen molar-refractivity contribution in [1.82, 2.24) is 10.6 Å². The molecule has 1 aromatic rings. The van der Waals surface area contributed by atoms with Gasteiger partial charge in [-0.1, -0.05) is 18.2 Å². The van der Waals surface area contributed by atoms with Gasteiger partial charge in [0.1, 0.15) is 5.75 Å². The molecule has 0 aromatic heterocycles. The Hall–Kier alpha value is -1.06. The lowest BCUT2D eigenvalue weighted by Crippen LogP contribution is -2.37. The molecule has 0 amide bonds. The molecule has 1 aliphatic heterocycles. The van der Waals surface area contributed by atoms with Crippen molar-refractivity contribution in [3.05, 3.63) is 29.8 Å². The van der Waals surface area contributed by atoms with Crippen molar-refractivity contribution in [3.63, 3.8) is 0 Å². The van der Waals surface area contributed by atoms with Gasteiger partial charge >= 0.3 is 0 Å². The van der Waals surface area contributed by atoms with E-state index in [1.807, 2.05) is 12.1 Å². The summed E-state index contributed by atoms with van der Waals surface area (Å²) < 4.78 is 0. The van der Waals surface area contributed by atoms with Crippen LogP contribution in [0.3, 0.4) is 0 Å². The fraction of sp³-hybridized carbons (Fsp3) is 0.571. The highest BCUT2D eigenvalue weighted by atomic mass is 16.3. The van der Waals surface area contributed by atoms with Crippen molar-refractivity contribution in [3.8, 4) is 5.75 Å². The number of hydrogen-bond donors (Lipinski definition) is 3. The van der Waals surface area contributed by atoms with Crippen LogP contribution in [0.2, 0.25) is 0 Å². The van der Waals surface area contributed by atoms with Gasteiger partial charge in [-0.2, -0.15) is 0 Å². The van der Waals surface area contributed by atoms with E-state index < -0.39 is 0 Å². The van der Waals surface area contributed by atoms with E-state index in [2.05, 4.69) is 16.7 Å². The Morgan fingerprint density at radius 2 is 2.18 bits per heavy atom. The normalized spacial score (nSPS) is 26.0. The number of phenolic OH excluding ortho intramolecular Hbond substituents is 1. The highest BCUT2D eigenvalue weighted by Gasteiger charge is 2.45. The van der Waals surface area contributed by atoms with Crippen LogP contribution >= 0.6 is 0 Å². The number of rotatable bonds is 4. The summed E-state index contributed by atoms with van der Waals surface area (Å²) in [5.41, 5.74) is 1.33. The summed E-state index contributed by atoms with van der Waals surface area (Å²) in [6, 6.07) is 8.39. The van der Waals surface area contributed by atoms with Gasteiger partial charge in [-0.3, -0.25) is 0 Å². The zero-order valence-electron chi connectivity index (χ0n) is 10.1. The van der Waals surface area contributed by atoms with Gasteiger partial charge in [-0.15, -0.1) is 0 Å². The summed E-state index contributed by atoms with van der Waals surface area (Å²) in [6.07, 6.45) is 3.60. The predicted molar refractivity (Wildman–Crippen MR) is 68.3 cm³/mol. The Morgan fingerprint density at radius 3 is 2.82 bits per heavy atom. The summed E-state index contributed by atoms with van der Waals surface area (Å²) in [4.78, 5) is 0. The molecule has 2 fully saturated rings. The molecule has 2 aliphatic rings. The summed E-state index contributed by atoms with van der Waals surface area (Å²) in [7, 11) is 0. The molecule has 1 unspecified atom stereocenters. The number of para-hydroxylation sites is 1. The Morgan fingerprint density at radius 1 is 1.35 bits per heavy atom. The first-order chi connectivity index (χ1) is 8.30. The molecule has 0 radical (unpaired) electrons. The highest BCUT2D eigenvalue weighted by Crippen LogP contribution is 2.50. The van der Waals surface area contributed by atoms with Crippen molar-refractivity contribution < 1.29 is 5.11 Å². The van der Waals surface area contributed by atoms with E-state index in [4.69, 9.17) is 0 Å². The van der Waals surface area contributed by atoms with E-state index >= 15 is 0 Å². The van der Waals surface area contributed by atoms with E-state index in [1.54, 1.807) is 6.07 Å². The second-order valence-electron chi connectivity index (χ2n) is 5.37. The van der Waals surface area contributed by atoms with Crippen LogP contribution in [0, 0.1) is 0 Å². The van der Waals surface area contributed by atoms with Gasteiger partial charge in [-0.05, 0) is 31.9 Å². The van der Waals surface area contributed by atoms with Crippen molar-refractivity contribution >= 4 is 0 Å². The maximum atomic E-state index is 9.94. The Labute approximate surface area is 102 Å². The summed E-state index contributed by atoms with van der Waals surface area (Å²) >= 11 is 0. The molecule has 3 heteroatoms. The predicted octanol–water partition coefficient (Wildman–Crippen LogP) is 1.38. The largest absolute Gasteiger partial charge is 0.508 e. The second kappa shape index (κ2) is 4.31. The van der Waals surface area contributed by atoms with Crippen LogP contribution in [0.4, 0.5) is 0 Å². The lowest BCUT2D eigenvalue weighted by Gasteiger charge is -2.20. The third-order valence-corrected chi connectivity index (χ3v) is 4.12. The zero-order valence-corrected chi connectivity index (χ0v) is 10.1. The fourth-order valence-electron chi connectivity index (χ4n) is 2.78. The van der Waals surface area contributed by atoms with Gasteiger partial charge in [0.15, 0.2) is 0 Å². The van der Waals surface area contributed by atoms with Gasteiger partial charge in [0.25, 0.3) is 0 Å². The molecule has 3 rings (SSSR count).